The monoisotopic (exact) mass is 340 g/mol. The summed E-state index contributed by atoms with van der Waals surface area (Å²) >= 11 is 0. The third-order valence-corrected chi connectivity index (χ3v) is 4.05. The van der Waals surface area contributed by atoms with Gasteiger partial charge in [-0.15, -0.1) is 0 Å². The van der Waals surface area contributed by atoms with Crippen LogP contribution in [0, 0.1) is 6.92 Å². The molecule has 0 unspecified atom stereocenters. The molecule has 1 aliphatic rings. The molecule has 9 heteroatoms. The number of hydrogen-bond donors (Lipinski definition) is 2. The van der Waals surface area contributed by atoms with E-state index in [1.54, 1.807) is 19.1 Å². The van der Waals surface area contributed by atoms with Crippen LogP contribution in [0.3, 0.4) is 0 Å². The molecule has 1 aromatic rings. The fourth-order valence-corrected chi connectivity index (χ4v) is 2.74. The molecule has 3 N–H and O–H groups in total. The Morgan fingerprint density at radius 1 is 1.17 bits per heavy atom. The summed E-state index contributed by atoms with van der Waals surface area (Å²) in [6.45, 7) is 4.47. The average molecular weight is 340 g/mol. The number of anilines is 1. The Balaban J connectivity index is 2.27. The first kappa shape index (κ1) is 17.0. The Labute approximate surface area is 133 Å². The fourth-order valence-electron chi connectivity index (χ4n) is 1.93. The van der Waals surface area contributed by atoms with Crippen molar-refractivity contribution in [3.05, 3.63) is 35.5 Å². The molecule has 0 aliphatic carbocycles. The van der Waals surface area contributed by atoms with Crippen molar-refractivity contribution in [3.8, 4) is 0 Å². The zero-order valence-electron chi connectivity index (χ0n) is 12.7. The van der Waals surface area contributed by atoms with Gasteiger partial charge in [0.05, 0.1) is 4.90 Å². The highest BCUT2D eigenvalue weighted by molar-refractivity contribution is 7.89. The molecule has 0 bridgehead atoms. The van der Waals surface area contributed by atoms with Crippen molar-refractivity contribution < 1.29 is 27.5 Å². The van der Waals surface area contributed by atoms with E-state index in [2.05, 4.69) is 5.32 Å². The molecule has 0 atom stereocenters. The van der Waals surface area contributed by atoms with Gasteiger partial charge in [0.15, 0.2) is 5.57 Å². The molecule has 0 spiro atoms. The minimum absolute atomic E-state index is 0.0594. The van der Waals surface area contributed by atoms with Crippen molar-refractivity contribution in [3.63, 3.8) is 0 Å². The number of rotatable bonds is 3. The molecule has 1 fully saturated rings. The third-order valence-electron chi connectivity index (χ3n) is 2.99. The van der Waals surface area contributed by atoms with Gasteiger partial charge in [0.1, 0.15) is 0 Å². The van der Waals surface area contributed by atoms with Gasteiger partial charge in [-0.2, -0.15) is 0 Å². The number of sulfonamides is 1. The van der Waals surface area contributed by atoms with E-state index in [9.17, 15) is 18.0 Å². The predicted octanol–water partition coefficient (Wildman–Crippen LogP) is 0.774. The molecule has 8 nitrogen and oxygen atoms in total. The van der Waals surface area contributed by atoms with E-state index in [4.69, 9.17) is 14.6 Å². The summed E-state index contributed by atoms with van der Waals surface area (Å²) in [6, 6.07) is 4.41. The van der Waals surface area contributed by atoms with E-state index in [-0.39, 0.29) is 10.5 Å². The summed E-state index contributed by atoms with van der Waals surface area (Å²) in [6.07, 6.45) is 1.09. The number of aryl methyl sites for hydroxylation is 1. The molecule has 124 valence electrons. The summed E-state index contributed by atoms with van der Waals surface area (Å²) in [5, 5.41) is 7.78. The van der Waals surface area contributed by atoms with Crippen LogP contribution in [-0.4, -0.2) is 26.1 Å². The Hall–Kier alpha value is -2.39. The van der Waals surface area contributed by atoms with E-state index < -0.39 is 27.7 Å². The van der Waals surface area contributed by atoms with E-state index in [1.807, 2.05) is 0 Å². The summed E-state index contributed by atoms with van der Waals surface area (Å²) in [4.78, 5) is 23.5. The van der Waals surface area contributed by atoms with Gasteiger partial charge in [0.25, 0.3) is 5.79 Å². The molecule has 1 aliphatic heterocycles. The normalized spacial score (nSPS) is 17.3. The van der Waals surface area contributed by atoms with Crippen molar-refractivity contribution in [1.82, 2.24) is 0 Å². The van der Waals surface area contributed by atoms with Gasteiger partial charge in [0.2, 0.25) is 10.0 Å². The lowest BCUT2D eigenvalue weighted by Gasteiger charge is -2.29. The first-order valence-corrected chi connectivity index (χ1v) is 8.11. The quantitative estimate of drug-likeness (QED) is 0.473. The standard InChI is InChI=1S/C14H16N2O6S/c1-8-4-5-9(6-11(8)23(15,19)20)16-7-10-12(17)21-14(2,3)22-13(10)18/h4-7,16H,1-3H3,(H2,15,19,20). The van der Waals surface area contributed by atoms with Crippen LogP contribution in [0.1, 0.15) is 19.4 Å². The Kier molecular flexibility index (Phi) is 4.18. The molecule has 2 rings (SSSR count). The highest BCUT2D eigenvalue weighted by Gasteiger charge is 2.38. The minimum atomic E-state index is -3.88. The number of benzene rings is 1. The second kappa shape index (κ2) is 5.67. The number of nitrogens with one attached hydrogen (secondary N) is 1. The summed E-state index contributed by atoms with van der Waals surface area (Å²) in [5.41, 5.74) is 0.476. The van der Waals surface area contributed by atoms with Crippen LogP contribution in [0.15, 0.2) is 34.9 Å². The van der Waals surface area contributed by atoms with E-state index in [0.717, 1.165) is 6.20 Å². The maximum absolute atomic E-state index is 11.8. The SMILES string of the molecule is Cc1ccc(NC=C2C(=O)OC(C)(C)OC2=O)cc1S(N)(=O)=O. The zero-order chi connectivity index (χ0) is 17.4. The molecule has 0 saturated carbocycles. The molecular formula is C14H16N2O6S. The van der Waals surface area contributed by atoms with Crippen molar-refractivity contribution in [2.45, 2.75) is 31.5 Å². The van der Waals surface area contributed by atoms with Gasteiger partial charge in [0, 0.05) is 25.7 Å². The van der Waals surface area contributed by atoms with Crippen LogP contribution in [0.25, 0.3) is 0 Å². The lowest BCUT2D eigenvalue weighted by atomic mass is 10.2. The maximum atomic E-state index is 11.8. The van der Waals surface area contributed by atoms with Crippen molar-refractivity contribution in [2.75, 3.05) is 5.32 Å². The van der Waals surface area contributed by atoms with Gasteiger partial charge in [-0.05, 0) is 24.6 Å². The van der Waals surface area contributed by atoms with Gasteiger partial charge in [-0.25, -0.2) is 23.1 Å². The summed E-state index contributed by atoms with van der Waals surface area (Å²) < 4.78 is 32.8. The smallest absolute Gasteiger partial charge is 0.350 e. The predicted molar refractivity (Wildman–Crippen MR) is 80.5 cm³/mol. The fraction of sp³-hybridized carbons (Fsp3) is 0.286. The second-order valence-electron chi connectivity index (χ2n) is 5.41. The Morgan fingerprint density at radius 3 is 2.26 bits per heavy atom. The number of cyclic esters (lactones) is 2. The number of carbonyl (C=O) groups excluding carboxylic acids is 2. The maximum Gasteiger partial charge on any atom is 0.350 e. The lowest BCUT2D eigenvalue weighted by Crippen LogP contribution is -2.42. The number of hydrogen-bond acceptors (Lipinski definition) is 7. The Bertz CT molecular complexity index is 789. The molecule has 1 saturated heterocycles. The number of esters is 2. The van der Waals surface area contributed by atoms with Crippen molar-refractivity contribution in [2.24, 2.45) is 5.14 Å². The molecule has 0 radical (unpaired) electrons. The average Bonchev–Trinajstić information content (AvgIpc) is 2.36. The van der Waals surface area contributed by atoms with E-state index in [1.165, 1.54) is 19.9 Å². The van der Waals surface area contributed by atoms with Crippen LogP contribution >= 0.6 is 0 Å². The number of nitrogens with two attached hydrogens (primary N) is 1. The lowest BCUT2D eigenvalue weighted by molar-refractivity contribution is -0.222. The highest BCUT2D eigenvalue weighted by atomic mass is 32.2. The number of primary sulfonamides is 1. The first-order chi connectivity index (χ1) is 10.5. The molecular weight excluding hydrogens is 324 g/mol. The number of ether oxygens (including phenoxy) is 2. The zero-order valence-corrected chi connectivity index (χ0v) is 13.6. The van der Waals surface area contributed by atoms with Crippen LogP contribution in [0.2, 0.25) is 0 Å². The van der Waals surface area contributed by atoms with Crippen molar-refractivity contribution >= 4 is 27.6 Å². The molecule has 0 amide bonds. The van der Waals surface area contributed by atoms with Crippen LogP contribution in [0.4, 0.5) is 5.69 Å². The van der Waals surface area contributed by atoms with Crippen molar-refractivity contribution in [1.29, 1.82) is 0 Å². The van der Waals surface area contributed by atoms with Crippen LogP contribution in [-0.2, 0) is 29.1 Å². The highest BCUT2D eigenvalue weighted by Crippen LogP contribution is 2.23. The van der Waals surface area contributed by atoms with Crippen LogP contribution < -0.4 is 10.5 Å². The minimum Gasteiger partial charge on any atom is -0.419 e. The summed E-state index contributed by atoms with van der Waals surface area (Å²) in [7, 11) is -3.88. The summed E-state index contributed by atoms with van der Waals surface area (Å²) in [5.74, 6) is -2.99. The second-order valence-corrected chi connectivity index (χ2v) is 6.94. The van der Waals surface area contributed by atoms with Crippen LogP contribution in [0.5, 0.6) is 0 Å². The first-order valence-electron chi connectivity index (χ1n) is 6.56. The topological polar surface area (TPSA) is 125 Å². The van der Waals surface area contributed by atoms with E-state index >= 15 is 0 Å². The molecule has 23 heavy (non-hydrogen) atoms. The van der Waals surface area contributed by atoms with Gasteiger partial charge in [-0.1, -0.05) is 6.07 Å². The largest absolute Gasteiger partial charge is 0.419 e. The van der Waals surface area contributed by atoms with E-state index in [0.29, 0.717) is 11.3 Å². The van der Waals surface area contributed by atoms with Gasteiger partial charge >= 0.3 is 11.9 Å². The number of carbonyl (C=O) groups is 2. The Morgan fingerprint density at radius 2 is 1.74 bits per heavy atom. The molecule has 1 heterocycles. The van der Waals surface area contributed by atoms with Gasteiger partial charge < -0.3 is 14.8 Å². The third kappa shape index (κ3) is 3.88. The molecule has 0 aromatic heterocycles. The molecule has 1 aromatic carbocycles. The van der Waals surface area contributed by atoms with Gasteiger partial charge in [-0.3, -0.25) is 0 Å².